The van der Waals surface area contributed by atoms with Gasteiger partial charge < -0.3 is 4.74 Å². The number of halogens is 2. The molecule has 0 aromatic heterocycles. The standard InChI is InChI=1S/C17H20Cl2O2/c1-16(2)11-6-7-17(16,3)14(9-11)21-15(20)10-4-5-12(18)13(19)8-10/h4-5,8,11,14H,6-7,9H2,1-3H3. The Labute approximate surface area is 135 Å². The highest BCUT2D eigenvalue weighted by molar-refractivity contribution is 6.42. The molecule has 2 bridgehead atoms. The molecule has 2 aliphatic rings. The fourth-order valence-electron chi connectivity index (χ4n) is 4.13. The molecule has 3 atom stereocenters. The first-order valence-corrected chi connectivity index (χ1v) is 8.17. The van der Waals surface area contributed by atoms with Crippen molar-refractivity contribution in [2.75, 3.05) is 0 Å². The van der Waals surface area contributed by atoms with E-state index in [2.05, 4.69) is 20.8 Å². The van der Waals surface area contributed by atoms with Crippen LogP contribution in [0.2, 0.25) is 10.0 Å². The van der Waals surface area contributed by atoms with Gasteiger partial charge in [-0.05, 0) is 48.8 Å². The molecule has 1 aromatic rings. The maximum Gasteiger partial charge on any atom is 0.338 e. The third-order valence-corrected chi connectivity index (χ3v) is 6.86. The zero-order valence-electron chi connectivity index (χ0n) is 12.6. The summed E-state index contributed by atoms with van der Waals surface area (Å²) in [6.07, 6.45) is 3.33. The maximum absolute atomic E-state index is 12.4. The Balaban J connectivity index is 1.79. The Morgan fingerprint density at radius 3 is 2.48 bits per heavy atom. The number of hydrogen-bond acceptors (Lipinski definition) is 2. The second-order valence-corrected chi connectivity index (χ2v) is 7.95. The van der Waals surface area contributed by atoms with Crippen molar-refractivity contribution in [3.8, 4) is 0 Å². The van der Waals surface area contributed by atoms with E-state index in [0.29, 0.717) is 21.5 Å². The molecule has 21 heavy (non-hydrogen) atoms. The predicted octanol–water partition coefficient (Wildman–Crippen LogP) is 5.37. The smallest absolute Gasteiger partial charge is 0.338 e. The van der Waals surface area contributed by atoms with Crippen LogP contribution in [0, 0.1) is 16.7 Å². The zero-order valence-corrected chi connectivity index (χ0v) is 14.1. The summed E-state index contributed by atoms with van der Waals surface area (Å²) >= 11 is 11.9. The summed E-state index contributed by atoms with van der Waals surface area (Å²) in [5, 5.41) is 0.826. The van der Waals surface area contributed by atoms with Crippen LogP contribution in [0.4, 0.5) is 0 Å². The largest absolute Gasteiger partial charge is 0.458 e. The Hall–Kier alpha value is -0.730. The van der Waals surface area contributed by atoms with Gasteiger partial charge in [-0.25, -0.2) is 4.79 Å². The Morgan fingerprint density at radius 1 is 1.24 bits per heavy atom. The molecule has 0 spiro atoms. The average molecular weight is 327 g/mol. The van der Waals surface area contributed by atoms with Gasteiger partial charge in [0.05, 0.1) is 15.6 Å². The molecule has 3 unspecified atom stereocenters. The summed E-state index contributed by atoms with van der Waals surface area (Å²) < 4.78 is 5.82. The minimum atomic E-state index is -0.303. The van der Waals surface area contributed by atoms with Crippen LogP contribution in [0.15, 0.2) is 18.2 Å². The van der Waals surface area contributed by atoms with Crippen molar-refractivity contribution in [1.82, 2.24) is 0 Å². The van der Waals surface area contributed by atoms with Gasteiger partial charge in [0.1, 0.15) is 6.10 Å². The summed E-state index contributed by atoms with van der Waals surface area (Å²) in [6, 6.07) is 4.87. The molecule has 114 valence electrons. The number of esters is 1. The van der Waals surface area contributed by atoms with E-state index in [0.717, 1.165) is 12.8 Å². The first-order chi connectivity index (χ1) is 9.75. The molecule has 0 radical (unpaired) electrons. The third-order valence-electron chi connectivity index (χ3n) is 6.12. The van der Waals surface area contributed by atoms with Crippen LogP contribution in [0.3, 0.4) is 0 Å². The number of fused-ring (bicyclic) bond motifs is 2. The molecule has 2 aliphatic carbocycles. The van der Waals surface area contributed by atoms with Gasteiger partial charge in [-0.3, -0.25) is 0 Å². The highest BCUT2D eigenvalue weighted by atomic mass is 35.5. The highest BCUT2D eigenvalue weighted by Crippen LogP contribution is 2.66. The number of rotatable bonds is 2. The molecule has 2 saturated carbocycles. The molecule has 3 rings (SSSR count). The molecule has 0 aliphatic heterocycles. The van der Waals surface area contributed by atoms with Gasteiger partial charge >= 0.3 is 5.97 Å². The van der Waals surface area contributed by atoms with Gasteiger partial charge in [0.15, 0.2) is 0 Å². The van der Waals surface area contributed by atoms with Crippen molar-refractivity contribution in [1.29, 1.82) is 0 Å². The van der Waals surface area contributed by atoms with E-state index in [9.17, 15) is 4.79 Å². The molecule has 2 nitrogen and oxygen atoms in total. The van der Waals surface area contributed by atoms with Crippen LogP contribution < -0.4 is 0 Å². The van der Waals surface area contributed by atoms with E-state index in [-0.39, 0.29) is 22.9 Å². The van der Waals surface area contributed by atoms with Gasteiger partial charge in [0, 0.05) is 5.41 Å². The molecular formula is C17H20Cl2O2. The maximum atomic E-state index is 12.4. The van der Waals surface area contributed by atoms with Gasteiger partial charge in [-0.2, -0.15) is 0 Å². The number of ether oxygens (including phenoxy) is 1. The van der Waals surface area contributed by atoms with Crippen molar-refractivity contribution in [2.24, 2.45) is 16.7 Å². The molecular weight excluding hydrogens is 307 g/mol. The summed E-state index contributed by atoms with van der Waals surface area (Å²) in [4.78, 5) is 12.4. The minimum absolute atomic E-state index is 0.00629. The van der Waals surface area contributed by atoms with Crippen molar-refractivity contribution in [3.05, 3.63) is 33.8 Å². The number of carbonyl (C=O) groups excluding carboxylic acids is 1. The Bertz CT molecular complexity index is 596. The van der Waals surface area contributed by atoms with Crippen molar-refractivity contribution in [3.63, 3.8) is 0 Å². The Kier molecular flexibility index (Phi) is 3.53. The Morgan fingerprint density at radius 2 is 1.95 bits per heavy atom. The number of hydrogen-bond donors (Lipinski definition) is 0. The summed E-state index contributed by atoms with van der Waals surface area (Å²) in [6.45, 7) is 6.86. The lowest BCUT2D eigenvalue weighted by Crippen LogP contribution is -2.38. The fraction of sp³-hybridized carbons (Fsp3) is 0.588. The van der Waals surface area contributed by atoms with E-state index in [1.807, 2.05) is 0 Å². The van der Waals surface area contributed by atoms with Crippen molar-refractivity contribution in [2.45, 2.75) is 46.1 Å². The first-order valence-electron chi connectivity index (χ1n) is 7.42. The first kappa shape index (κ1) is 15.2. The van der Waals surface area contributed by atoms with Crippen LogP contribution in [0.5, 0.6) is 0 Å². The second-order valence-electron chi connectivity index (χ2n) is 7.13. The lowest BCUT2D eigenvalue weighted by molar-refractivity contribution is -0.0242. The van der Waals surface area contributed by atoms with Crippen LogP contribution in [-0.2, 0) is 4.74 Å². The summed E-state index contributed by atoms with van der Waals surface area (Å²) in [7, 11) is 0. The molecule has 1 aromatic carbocycles. The van der Waals surface area contributed by atoms with Crippen LogP contribution in [-0.4, -0.2) is 12.1 Å². The van der Waals surface area contributed by atoms with E-state index < -0.39 is 0 Å². The minimum Gasteiger partial charge on any atom is -0.458 e. The average Bonchev–Trinajstić information content (AvgIpc) is 2.75. The van der Waals surface area contributed by atoms with Crippen molar-refractivity contribution >= 4 is 29.2 Å². The van der Waals surface area contributed by atoms with E-state index >= 15 is 0 Å². The SMILES string of the molecule is CC1(C)C2CCC1(C)C(OC(=O)c1ccc(Cl)c(Cl)c1)C2. The van der Waals surface area contributed by atoms with Gasteiger partial charge in [-0.1, -0.05) is 44.0 Å². The van der Waals surface area contributed by atoms with Gasteiger partial charge in [0.2, 0.25) is 0 Å². The summed E-state index contributed by atoms with van der Waals surface area (Å²) in [5.41, 5.74) is 0.771. The predicted molar refractivity (Wildman–Crippen MR) is 84.9 cm³/mol. The number of carbonyl (C=O) groups is 1. The third kappa shape index (κ3) is 2.19. The quantitative estimate of drug-likeness (QED) is 0.683. The van der Waals surface area contributed by atoms with E-state index in [4.69, 9.17) is 27.9 Å². The van der Waals surface area contributed by atoms with Gasteiger partial charge in [-0.15, -0.1) is 0 Å². The monoisotopic (exact) mass is 326 g/mol. The topological polar surface area (TPSA) is 26.3 Å². The number of benzene rings is 1. The zero-order chi connectivity index (χ0) is 15.4. The lowest BCUT2D eigenvalue weighted by Gasteiger charge is -2.38. The molecule has 2 fully saturated rings. The van der Waals surface area contributed by atoms with Crippen molar-refractivity contribution < 1.29 is 9.53 Å². The highest BCUT2D eigenvalue weighted by Gasteiger charge is 2.62. The van der Waals surface area contributed by atoms with E-state index in [1.165, 1.54) is 6.42 Å². The molecule has 0 amide bonds. The van der Waals surface area contributed by atoms with E-state index in [1.54, 1.807) is 18.2 Å². The second kappa shape index (κ2) is 4.89. The van der Waals surface area contributed by atoms with Gasteiger partial charge in [0.25, 0.3) is 0 Å². The van der Waals surface area contributed by atoms with Crippen LogP contribution >= 0.6 is 23.2 Å². The summed E-state index contributed by atoms with van der Waals surface area (Å²) in [5.74, 6) is 0.345. The lowest BCUT2D eigenvalue weighted by atomic mass is 9.70. The van der Waals surface area contributed by atoms with Crippen LogP contribution in [0.25, 0.3) is 0 Å². The molecule has 0 heterocycles. The molecule has 0 N–H and O–H groups in total. The normalized spacial score (nSPS) is 33.2. The molecule has 4 heteroatoms. The fourth-order valence-corrected chi connectivity index (χ4v) is 4.43. The molecule has 0 saturated heterocycles. The van der Waals surface area contributed by atoms with Crippen LogP contribution in [0.1, 0.15) is 50.4 Å².